The molecular formula is C13H22ClNO. The smallest absolute Gasteiger partial charge is 0.223 e. The first-order chi connectivity index (χ1) is 7.81. The largest absolute Gasteiger partial charge is 0.356 e. The van der Waals surface area contributed by atoms with Crippen molar-refractivity contribution in [1.29, 1.82) is 0 Å². The van der Waals surface area contributed by atoms with Crippen molar-refractivity contribution < 1.29 is 4.79 Å². The Kier molecular flexibility index (Phi) is 4.51. The summed E-state index contributed by atoms with van der Waals surface area (Å²) in [6.45, 7) is 0.854. The average molecular weight is 244 g/mol. The molecule has 2 nitrogen and oxygen atoms in total. The van der Waals surface area contributed by atoms with Crippen LogP contribution in [0, 0.1) is 17.8 Å². The molecule has 2 saturated carbocycles. The van der Waals surface area contributed by atoms with Gasteiger partial charge < -0.3 is 5.32 Å². The van der Waals surface area contributed by atoms with Gasteiger partial charge in [0.15, 0.2) is 0 Å². The van der Waals surface area contributed by atoms with Gasteiger partial charge in [-0.2, -0.15) is 0 Å². The van der Waals surface area contributed by atoms with E-state index in [0.29, 0.717) is 11.8 Å². The van der Waals surface area contributed by atoms with Gasteiger partial charge in [0.25, 0.3) is 0 Å². The van der Waals surface area contributed by atoms with E-state index in [2.05, 4.69) is 5.32 Å². The molecule has 92 valence electrons. The number of carbonyl (C=O) groups is 1. The van der Waals surface area contributed by atoms with Crippen LogP contribution >= 0.6 is 11.6 Å². The minimum atomic E-state index is 0.310. The summed E-state index contributed by atoms with van der Waals surface area (Å²) in [5.41, 5.74) is 0. The zero-order valence-corrected chi connectivity index (χ0v) is 10.6. The van der Waals surface area contributed by atoms with Crippen LogP contribution in [0.3, 0.4) is 0 Å². The lowest BCUT2D eigenvalue weighted by Crippen LogP contribution is -2.30. The highest BCUT2D eigenvalue weighted by Crippen LogP contribution is 2.54. The number of fused-ring (bicyclic) bond motifs is 1. The number of hydrogen-bond donors (Lipinski definition) is 1. The second-order valence-corrected chi connectivity index (χ2v) is 5.70. The molecule has 1 N–H and O–H groups in total. The fourth-order valence-corrected chi connectivity index (χ4v) is 3.05. The Morgan fingerprint density at radius 1 is 1.06 bits per heavy atom. The van der Waals surface area contributed by atoms with Gasteiger partial charge in [0.05, 0.1) is 0 Å². The van der Waals surface area contributed by atoms with Crippen LogP contribution in [0.2, 0.25) is 0 Å². The second-order valence-electron chi connectivity index (χ2n) is 5.32. The topological polar surface area (TPSA) is 29.1 Å². The molecule has 0 heterocycles. The molecule has 16 heavy (non-hydrogen) atoms. The summed E-state index contributed by atoms with van der Waals surface area (Å²) < 4.78 is 0. The molecule has 2 fully saturated rings. The second kappa shape index (κ2) is 5.90. The van der Waals surface area contributed by atoms with Crippen LogP contribution in [0.4, 0.5) is 0 Å². The van der Waals surface area contributed by atoms with E-state index in [1.165, 1.54) is 19.3 Å². The zero-order valence-electron chi connectivity index (χ0n) is 9.88. The number of alkyl halides is 1. The number of unbranched alkanes of at least 4 members (excludes halogenated alkanes) is 3. The summed E-state index contributed by atoms with van der Waals surface area (Å²) in [5.74, 6) is 3.21. The third-order valence-corrected chi connectivity index (χ3v) is 4.24. The van der Waals surface area contributed by atoms with E-state index in [9.17, 15) is 4.79 Å². The summed E-state index contributed by atoms with van der Waals surface area (Å²) in [4.78, 5) is 11.8. The summed E-state index contributed by atoms with van der Waals surface area (Å²) in [7, 11) is 0. The van der Waals surface area contributed by atoms with Crippen LogP contribution in [0.1, 0.15) is 44.9 Å². The van der Waals surface area contributed by atoms with Gasteiger partial charge in [-0.25, -0.2) is 0 Å². The number of rotatable bonds is 7. The molecule has 0 aromatic rings. The van der Waals surface area contributed by atoms with Crippen molar-refractivity contribution in [3.8, 4) is 0 Å². The Balaban J connectivity index is 1.48. The normalized spacial score (nSPS) is 31.2. The van der Waals surface area contributed by atoms with Gasteiger partial charge in [-0.15, -0.1) is 11.6 Å². The zero-order chi connectivity index (χ0) is 11.4. The summed E-state index contributed by atoms with van der Waals surface area (Å²) in [6.07, 6.45) is 8.27. The van der Waals surface area contributed by atoms with Crippen molar-refractivity contribution in [2.75, 3.05) is 12.4 Å². The van der Waals surface area contributed by atoms with Crippen molar-refractivity contribution >= 4 is 17.5 Å². The Morgan fingerprint density at radius 3 is 2.44 bits per heavy atom. The Labute approximate surface area is 103 Å². The molecule has 0 saturated heterocycles. The van der Waals surface area contributed by atoms with Crippen LogP contribution in [-0.2, 0) is 4.79 Å². The molecule has 0 bridgehead atoms. The predicted octanol–water partition coefficient (Wildman–Crippen LogP) is 2.95. The Hall–Kier alpha value is -0.240. The van der Waals surface area contributed by atoms with Crippen molar-refractivity contribution in [3.63, 3.8) is 0 Å². The molecule has 2 aliphatic rings. The number of hydrogen-bond acceptors (Lipinski definition) is 1. The number of carbonyl (C=O) groups excluding carboxylic acids is 1. The Morgan fingerprint density at radius 2 is 1.75 bits per heavy atom. The molecule has 0 aromatic heterocycles. The lowest BCUT2D eigenvalue weighted by Gasteiger charge is -2.11. The first-order valence-corrected chi connectivity index (χ1v) is 7.18. The van der Waals surface area contributed by atoms with Crippen molar-refractivity contribution in [1.82, 2.24) is 5.32 Å². The molecule has 2 aliphatic carbocycles. The van der Waals surface area contributed by atoms with Crippen molar-refractivity contribution in [2.24, 2.45) is 17.8 Å². The third kappa shape index (κ3) is 3.38. The monoisotopic (exact) mass is 243 g/mol. The molecule has 2 unspecified atom stereocenters. The average Bonchev–Trinajstić information content (AvgIpc) is 2.90. The van der Waals surface area contributed by atoms with E-state index in [4.69, 9.17) is 11.6 Å². The van der Waals surface area contributed by atoms with E-state index in [1.807, 2.05) is 0 Å². The number of amides is 1. The quantitative estimate of drug-likeness (QED) is 0.541. The third-order valence-electron chi connectivity index (χ3n) is 3.97. The maximum absolute atomic E-state index is 11.8. The van der Waals surface area contributed by atoms with E-state index >= 15 is 0 Å². The van der Waals surface area contributed by atoms with Gasteiger partial charge in [0.2, 0.25) is 5.91 Å². The van der Waals surface area contributed by atoms with Gasteiger partial charge in [-0.3, -0.25) is 4.79 Å². The van der Waals surface area contributed by atoms with Crippen LogP contribution in [0.25, 0.3) is 0 Å². The van der Waals surface area contributed by atoms with Gasteiger partial charge in [-0.1, -0.05) is 12.8 Å². The first kappa shape index (κ1) is 12.2. The first-order valence-electron chi connectivity index (χ1n) is 6.65. The number of halogens is 1. The van der Waals surface area contributed by atoms with Gasteiger partial charge in [-0.05, 0) is 43.9 Å². The van der Waals surface area contributed by atoms with Crippen LogP contribution < -0.4 is 5.32 Å². The van der Waals surface area contributed by atoms with Crippen LogP contribution in [0.5, 0.6) is 0 Å². The maximum Gasteiger partial charge on any atom is 0.223 e. The van der Waals surface area contributed by atoms with Crippen LogP contribution in [0.15, 0.2) is 0 Å². The fourth-order valence-electron chi connectivity index (χ4n) is 2.86. The molecule has 0 aromatic carbocycles. The fraction of sp³-hybridized carbons (Fsp3) is 0.923. The van der Waals surface area contributed by atoms with E-state index in [0.717, 1.165) is 49.9 Å². The van der Waals surface area contributed by atoms with Crippen molar-refractivity contribution in [3.05, 3.63) is 0 Å². The van der Waals surface area contributed by atoms with Gasteiger partial charge >= 0.3 is 0 Å². The molecule has 0 spiro atoms. The highest BCUT2D eigenvalue weighted by Gasteiger charge is 2.47. The van der Waals surface area contributed by atoms with E-state index in [1.54, 1.807) is 0 Å². The molecule has 3 heteroatoms. The highest BCUT2D eigenvalue weighted by atomic mass is 35.5. The molecule has 0 radical (unpaired) electrons. The molecule has 2 atom stereocenters. The summed E-state index contributed by atoms with van der Waals surface area (Å²) in [5, 5.41) is 3.07. The van der Waals surface area contributed by atoms with Gasteiger partial charge in [0.1, 0.15) is 0 Å². The molecule has 2 rings (SSSR count). The summed E-state index contributed by atoms with van der Waals surface area (Å²) >= 11 is 5.60. The minimum absolute atomic E-state index is 0.310. The molecular weight excluding hydrogens is 222 g/mol. The van der Waals surface area contributed by atoms with Gasteiger partial charge in [0, 0.05) is 18.3 Å². The summed E-state index contributed by atoms with van der Waals surface area (Å²) in [6, 6.07) is 0. The highest BCUT2D eigenvalue weighted by molar-refractivity contribution is 6.17. The van der Waals surface area contributed by atoms with E-state index in [-0.39, 0.29) is 0 Å². The van der Waals surface area contributed by atoms with Crippen molar-refractivity contribution in [2.45, 2.75) is 44.9 Å². The van der Waals surface area contributed by atoms with Crippen LogP contribution in [-0.4, -0.2) is 18.3 Å². The van der Waals surface area contributed by atoms with E-state index < -0.39 is 0 Å². The standard InChI is InChI=1S/C13H22ClNO/c14-5-3-1-2-4-6-15-13(16)12-8-10-7-11(10)9-12/h10-12H,1-9H2,(H,15,16). The number of nitrogens with one attached hydrogen (secondary N) is 1. The maximum atomic E-state index is 11.8. The lowest BCUT2D eigenvalue weighted by molar-refractivity contribution is -0.125. The molecule has 0 aliphatic heterocycles. The predicted molar refractivity (Wildman–Crippen MR) is 66.5 cm³/mol. The Bertz CT molecular complexity index is 234. The lowest BCUT2D eigenvalue weighted by atomic mass is 10.0. The molecule has 1 amide bonds. The minimum Gasteiger partial charge on any atom is -0.356 e. The SMILES string of the molecule is O=C(NCCCCCCCl)C1CC2CC2C1.